The van der Waals surface area contributed by atoms with E-state index in [1.54, 1.807) is 11.3 Å². The van der Waals surface area contributed by atoms with E-state index in [9.17, 15) is 0 Å². The van der Waals surface area contributed by atoms with Gasteiger partial charge in [0.15, 0.2) is 0 Å². The van der Waals surface area contributed by atoms with Gasteiger partial charge < -0.3 is 10.2 Å². The van der Waals surface area contributed by atoms with Crippen LogP contribution in [-0.4, -0.2) is 30.0 Å². The minimum Gasteiger partial charge on any atom is -0.311 e. The van der Waals surface area contributed by atoms with Gasteiger partial charge in [-0.2, -0.15) is 0 Å². The highest BCUT2D eigenvalue weighted by Gasteiger charge is 2.00. The van der Waals surface area contributed by atoms with Gasteiger partial charge in [-0.15, -0.1) is 11.3 Å². The van der Waals surface area contributed by atoms with Crippen molar-refractivity contribution in [3.63, 3.8) is 0 Å². The summed E-state index contributed by atoms with van der Waals surface area (Å²) in [6.45, 7) is 4.05. The van der Waals surface area contributed by atoms with Gasteiger partial charge in [0.1, 0.15) is 0 Å². The molecule has 0 unspecified atom stereocenters. The summed E-state index contributed by atoms with van der Waals surface area (Å²) in [5.74, 6) is 0. The number of nitrogens with zero attached hydrogens (tertiary/aromatic N) is 2. The van der Waals surface area contributed by atoms with Crippen LogP contribution >= 0.6 is 11.3 Å². The first-order valence-corrected chi connectivity index (χ1v) is 7.59. The molecule has 0 aliphatic carbocycles. The molecule has 1 aromatic carbocycles. The van der Waals surface area contributed by atoms with Crippen LogP contribution < -0.4 is 5.32 Å². The van der Waals surface area contributed by atoms with Crippen LogP contribution in [0.3, 0.4) is 0 Å². The first-order chi connectivity index (χ1) is 9.34. The smallest absolute Gasteiger partial charge is 0.0795 e. The molecule has 4 heteroatoms. The first-order valence-electron chi connectivity index (χ1n) is 6.65. The summed E-state index contributed by atoms with van der Waals surface area (Å²) >= 11 is 1.65. The molecule has 0 aliphatic rings. The number of benzene rings is 1. The number of hydrogen-bond acceptors (Lipinski definition) is 4. The molecule has 0 amide bonds. The number of nitrogens with one attached hydrogen (secondary N) is 1. The van der Waals surface area contributed by atoms with Gasteiger partial charge >= 0.3 is 0 Å². The molecule has 1 aromatic heterocycles. The van der Waals surface area contributed by atoms with E-state index in [0.717, 1.165) is 38.3 Å². The van der Waals surface area contributed by atoms with Gasteiger partial charge in [0.05, 0.1) is 11.2 Å². The average Bonchev–Trinajstić information content (AvgIpc) is 2.92. The summed E-state index contributed by atoms with van der Waals surface area (Å²) in [6, 6.07) is 10.6. The van der Waals surface area contributed by atoms with Crippen LogP contribution in [0.5, 0.6) is 0 Å². The van der Waals surface area contributed by atoms with Crippen molar-refractivity contribution in [2.45, 2.75) is 19.5 Å². The van der Waals surface area contributed by atoms with Crippen LogP contribution in [0.15, 0.2) is 41.2 Å². The Labute approximate surface area is 119 Å². The Bertz CT molecular complexity index is 442. The molecular weight excluding hydrogens is 254 g/mol. The van der Waals surface area contributed by atoms with Crippen LogP contribution in [0.2, 0.25) is 0 Å². The van der Waals surface area contributed by atoms with E-state index in [0.29, 0.717) is 0 Å². The lowest BCUT2D eigenvalue weighted by Crippen LogP contribution is -2.23. The summed E-state index contributed by atoms with van der Waals surface area (Å²) in [5.41, 5.74) is 4.40. The van der Waals surface area contributed by atoms with Crippen LogP contribution in [0.1, 0.15) is 17.7 Å². The largest absolute Gasteiger partial charge is 0.311 e. The van der Waals surface area contributed by atoms with Crippen molar-refractivity contribution in [3.8, 4) is 0 Å². The van der Waals surface area contributed by atoms with Gasteiger partial charge in [-0.05, 0) is 32.1 Å². The van der Waals surface area contributed by atoms with E-state index in [4.69, 9.17) is 0 Å². The van der Waals surface area contributed by atoms with E-state index in [1.807, 2.05) is 5.51 Å². The number of thiazole rings is 1. The molecule has 0 atom stereocenters. The topological polar surface area (TPSA) is 28.2 Å². The maximum Gasteiger partial charge on any atom is 0.0795 e. The highest BCUT2D eigenvalue weighted by molar-refractivity contribution is 7.07. The molecule has 19 heavy (non-hydrogen) atoms. The molecule has 3 nitrogen and oxygen atoms in total. The fraction of sp³-hybridized carbons (Fsp3) is 0.400. The molecule has 1 heterocycles. The lowest BCUT2D eigenvalue weighted by atomic mass is 10.2. The molecule has 0 bridgehead atoms. The Morgan fingerprint density at radius 2 is 2.11 bits per heavy atom. The first kappa shape index (κ1) is 14.2. The third kappa shape index (κ3) is 5.51. The molecule has 102 valence electrons. The quantitative estimate of drug-likeness (QED) is 0.751. The minimum absolute atomic E-state index is 0.881. The zero-order valence-electron chi connectivity index (χ0n) is 11.4. The van der Waals surface area contributed by atoms with Crippen molar-refractivity contribution in [3.05, 3.63) is 52.5 Å². The van der Waals surface area contributed by atoms with Gasteiger partial charge in [0, 0.05) is 18.5 Å². The number of aromatic nitrogens is 1. The predicted octanol–water partition coefficient (Wildman–Crippen LogP) is 2.75. The van der Waals surface area contributed by atoms with Crippen molar-refractivity contribution < 1.29 is 0 Å². The number of hydrogen-bond donors (Lipinski definition) is 1. The molecular formula is C15H21N3S. The van der Waals surface area contributed by atoms with Gasteiger partial charge in [-0.3, -0.25) is 0 Å². The van der Waals surface area contributed by atoms with Gasteiger partial charge in [0.2, 0.25) is 0 Å². The molecule has 0 aliphatic heterocycles. The molecule has 0 spiro atoms. The Morgan fingerprint density at radius 3 is 2.84 bits per heavy atom. The second-order valence-electron chi connectivity index (χ2n) is 4.73. The SMILES string of the molecule is CN(CCCNCc1cscn1)Cc1ccccc1. The third-order valence-electron chi connectivity index (χ3n) is 2.98. The standard InChI is InChI=1S/C15H21N3S/c1-18(11-14-6-3-2-4-7-14)9-5-8-16-10-15-12-19-13-17-15/h2-4,6-7,12-13,16H,5,8-11H2,1H3. The van der Waals surface area contributed by atoms with Crippen LogP contribution in [0.4, 0.5) is 0 Å². The fourth-order valence-electron chi connectivity index (χ4n) is 1.99. The van der Waals surface area contributed by atoms with E-state index < -0.39 is 0 Å². The van der Waals surface area contributed by atoms with Crippen molar-refractivity contribution in [1.29, 1.82) is 0 Å². The third-order valence-corrected chi connectivity index (χ3v) is 3.61. The van der Waals surface area contributed by atoms with E-state index in [1.165, 1.54) is 5.56 Å². The van der Waals surface area contributed by atoms with Crippen LogP contribution in [-0.2, 0) is 13.1 Å². The van der Waals surface area contributed by atoms with Crippen LogP contribution in [0.25, 0.3) is 0 Å². The van der Waals surface area contributed by atoms with E-state index >= 15 is 0 Å². The Kier molecular flexibility index (Phi) is 6.01. The summed E-state index contributed by atoms with van der Waals surface area (Å²) < 4.78 is 0. The fourth-order valence-corrected chi connectivity index (χ4v) is 2.55. The average molecular weight is 275 g/mol. The summed E-state index contributed by atoms with van der Waals surface area (Å²) in [6.07, 6.45) is 1.16. The second-order valence-corrected chi connectivity index (χ2v) is 5.45. The maximum atomic E-state index is 4.25. The maximum absolute atomic E-state index is 4.25. The Morgan fingerprint density at radius 1 is 1.26 bits per heavy atom. The van der Waals surface area contributed by atoms with Crippen molar-refractivity contribution in [2.24, 2.45) is 0 Å². The molecule has 2 aromatic rings. The normalized spacial score (nSPS) is 11.1. The minimum atomic E-state index is 0.881. The number of rotatable bonds is 8. The van der Waals surface area contributed by atoms with Gasteiger partial charge in [-0.25, -0.2) is 4.98 Å². The Balaban J connectivity index is 1.55. The molecule has 0 saturated heterocycles. The van der Waals surface area contributed by atoms with Crippen molar-refractivity contribution in [2.75, 3.05) is 20.1 Å². The predicted molar refractivity (Wildman–Crippen MR) is 81.2 cm³/mol. The lowest BCUT2D eigenvalue weighted by Gasteiger charge is -2.16. The molecule has 2 rings (SSSR count). The monoisotopic (exact) mass is 275 g/mol. The van der Waals surface area contributed by atoms with Crippen LogP contribution in [0, 0.1) is 0 Å². The highest BCUT2D eigenvalue weighted by atomic mass is 32.1. The van der Waals surface area contributed by atoms with Gasteiger partial charge in [0.25, 0.3) is 0 Å². The highest BCUT2D eigenvalue weighted by Crippen LogP contribution is 2.03. The van der Waals surface area contributed by atoms with E-state index in [-0.39, 0.29) is 0 Å². The molecule has 0 radical (unpaired) electrons. The molecule has 0 fully saturated rings. The Hall–Kier alpha value is -1.23. The van der Waals surface area contributed by atoms with Crippen molar-refractivity contribution >= 4 is 11.3 Å². The molecule has 0 saturated carbocycles. The van der Waals surface area contributed by atoms with E-state index in [2.05, 4.69) is 58.0 Å². The zero-order valence-corrected chi connectivity index (χ0v) is 12.2. The van der Waals surface area contributed by atoms with Crippen molar-refractivity contribution in [1.82, 2.24) is 15.2 Å². The lowest BCUT2D eigenvalue weighted by molar-refractivity contribution is 0.319. The molecule has 1 N–H and O–H groups in total. The van der Waals surface area contributed by atoms with Gasteiger partial charge in [-0.1, -0.05) is 30.3 Å². The zero-order chi connectivity index (χ0) is 13.3. The second kappa shape index (κ2) is 8.04. The summed E-state index contributed by atoms with van der Waals surface area (Å²) in [5, 5.41) is 5.52. The summed E-state index contributed by atoms with van der Waals surface area (Å²) in [7, 11) is 2.17. The summed E-state index contributed by atoms with van der Waals surface area (Å²) in [4.78, 5) is 6.61.